The van der Waals surface area contributed by atoms with Crippen molar-refractivity contribution < 1.29 is 19.4 Å². The first-order chi connectivity index (χ1) is 8.51. The third-order valence-corrected chi connectivity index (χ3v) is 5.09. The van der Waals surface area contributed by atoms with E-state index in [-0.39, 0.29) is 16.8 Å². The van der Waals surface area contributed by atoms with Crippen LogP contribution in [0.1, 0.15) is 32.6 Å². The Hall–Kier alpha value is -0.750. The van der Waals surface area contributed by atoms with Crippen LogP contribution in [0.5, 0.6) is 0 Å². The van der Waals surface area contributed by atoms with Crippen molar-refractivity contribution in [2.45, 2.75) is 49.6 Å². The van der Waals surface area contributed by atoms with Crippen LogP contribution in [0, 0.1) is 0 Å². The highest BCUT2D eigenvalue weighted by molar-refractivity contribution is 8.01. The molecule has 5 nitrogen and oxygen atoms in total. The summed E-state index contributed by atoms with van der Waals surface area (Å²) in [5.41, 5.74) is 0. The highest BCUT2D eigenvalue weighted by Crippen LogP contribution is 2.37. The Morgan fingerprint density at radius 3 is 2.83 bits per heavy atom. The molecule has 2 heterocycles. The fourth-order valence-electron chi connectivity index (χ4n) is 2.39. The number of hydrogen-bond acceptors (Lipinski definition) is 4. The molecular formula is C12H19NO4S. The minimum atomic E-state index is -0.915. The lowest BCUT2D eigenvalue weighted by Crippen LogP contribution is -2.43. The second kappa shape index (κ2) is 5.48. The first-order valence-electron chi connectivity index (χ1n) is 6.32. The molecule has 0 aromatic rings. The van der Waals surface area contributed by atoms with Gasteiger partial charge in [-0.2, -0.15) is 0 Å². The standard InChI is InChI=1S/C12H19NO4S/c1-12(5-2-6-18-12)11(16)13-7-8-3-4-9(17-8)10(14)15/h8-9H,2-7H2,1H3,(H,13,16)(H,14,15). The molecule has 3 unspecified atom stereocenters. The Morgan fingerprint density at radius 1 is 1.50 bits per heavy atom. The molecule has 2 aliphatic heterocycles. The molecule has 6 heteroatoms. The summed E-state index contributed by atoms with van der Waals surface area (Å²) in [5.74, 6) is 0.166. The highest BCUT2D eigenvalue weighted by atomic mass is 32.2. The van der Waals surface area contributed by atoms with Gasteiger partial charge in [0.15, 0.2) is 6.10 Å². The van der Waals surface area contributed by atoms with Crippen molar-refractivity contribution in [1.29, 1.82) is 0 Å². The first kappa shape index (κ1) is 13.7. The van der Waals surface area contributed by atoms with Gasteiger partial charge in [0.25, 0.3) is 0 Å². The van der Waals surface area contributed by atoms with Gasteiger partial charge in [0.05, 0.1) is 10.9 Å². The Kier molecular flexibility index (Phi) is 4.17. The van der Waals surface area contributed by atoms with Gasteiger partial charge in [0.2, 0.25) is 5.91 Å². The van der Waals surface area contributed by atoms with E-state index in [1.165, 1.54) is 0 Å². The van der Waals surface area contributed by atoms with E-state index < -0.39 is 12.1 Å². The molecule has 0 saturated carbocycles. The molecule has 0 spiro atoms. The normalized spacial score (nSPS) is 35.6. The summed E-state index contributed by atoms with van der Waals surface area (Å²) < 4.78 is 5.03. The summed E-state index contributed by atoms with van der Waals surface area (Å²) in [4.78, 5) is 22.8. The van der Waals surface area contributed by atoms with Crippen molar-refractivity contribution in [3.63, 3.8) is 0 Å². The van der Waals surface area contributed by atoms with E-state index in [2.05, 4.69) is 5.32 Å². The van der Waals surface area contributed by atoms with Crippen molar-refractivity contribution in [1.82, 2.24) is 5.32 Å². The van der Waals surface area contributed by atoms with Crippen LogP contribution in [0.3, 0.4) is 0 Å². The third kappa shape index (κ3) is 2.98. The molecular weight excluding hydrogens is 254 g/mol. The van der Waals surface area contributed by atoms with Gasteiger partial charge in [-0.25, -0.2) is 4.79 Å². The topological polar surface area (TPSA) is 75.6 Å². The predicted octanol–water partition coefficient (Wildman–Crippen LogP) is 1.02. The van der Waals surface area contributed by atoms with Gasteiger partial charge in [-0.3, -0.25) is 4.79 Å². The SMILES string of the molecule is CC1(C(=O)NCC2CCC(C(=O)O)O2)CCCS1. The minimum Gasteiger partial charge on any atom is -0.479 e. The molecule has 0 aromatic carbocycles. The number of carbonyl (C=O) groups is 2. The molecule has 1 amide bonds. The van der Waals surface area contributed by atoms with E-state index in [1.807, 2.05) is 6.92 Å². The number of rotatable bonds is 4. The maximum Gasteiger partial charge on any atom is 0.332 e. The molecule has 0 aromatic heterocycles. The van der Waals surface area contributed by atoms with Crippen LogP contribution in [0.4, 0.5) is 0 Å². The molecule has 3 atom stereocenters. The number of carboxylic acid groups (broad SMARTS) is 1. The number of nitrogens with one attached hydrogen (secondary N) is 1. The van der Waals surface area contributed by atoms with Gasteiger partial charge in [-0.05, 0) is 38.4 Å². The van der Waals surface area contributed by atoms with Crippen LogP contribution >= 0.6 is 11.8 Å². The lowest BCUT2D eigenvalue weighted by molar-refractivity contribution is -0.149. The zero-order valence-electron chi connectivity index (χ0n) is 10.5. The molecule has 2 aliphatic rings. The monoisotopic (exact) mass is 273 g/mol. The number of thioether (sulfide) groups is 1. The summed E-state index contributed by atoms with van der Waals surface area (Å²) in [6, 6.07) is 0. The fraction of sp³-hybridized carbons (Fsp3) is 0.833. The molecule has 102 valence electrons. The number of carboxylic acids is 1. The Labute approximate surface area is 111 Å². The van der Waals surface area contributed by atoms with E-state index in [4.69, 9.17) is 9.84 Å². The van der Waals surface area contributed by atoms with E-state index in [0.717, 1.165) is 18.6 Å². The summed E-state index contributed by atoms with van der Waals surface area (Å²) in [5, 5.41) is 11.7. The van der Waals surface area contributed by atoms with Crippen molar-refractivity contribution in [3.8, 4) is 0 Å². The largest absolute Gasteiger partial charge is 0.479 e. The summed E-state index contributed by atoms with van der Waals surface area (Å²) >= 11 is 1.69. The molecule has 2 fully saturated rings. The van der Waals surface area contributed by atoms with Crippen molar-refractivity contribution in [2.24, 2.45) is 0 Å². The van der Waals surface area contributed by atoms with Gasteiger partial charge in [0, 0.05) is 6.54 Å². The van der Waals surface area contributed by atoms with E-state index in [1.54, 1.807) is 11.8 Å². The molecule has 0 radical (unpaired) electrons. The Balaban J connectivity index is 1.75. The average molecular weight is 273 g/mol. The Bertz CT molecular complexity index is 341. The fourth-order valence-corrected chi connectivity index (χ4v) is 3.62. The third-order valence-electron chi connectivity index (χ3n) is 3.57. The maximum absolute atomic E-state index is 12.0. The number of amides is 1. The minimum absolute atomic E-state index is 0.0485. The van der Waals surface area contributed by atoms with Gasteiger partial charge in [0.1, 0.15) is 0 Å². The van der Waals surface area contributed by atoms with Gasteiger partial charge < -0.3 is 15.2 Å². The molecule has 18 heavy (non-hydrogen) atoms. The molecule has 0 aliphatic carbocycles. The molecule has 2 rings (SSSR count). The lowest BCUT2D eigenvalue weighted by Gasteiger charge is -2.22. The highest BCUT2D eigenvalue weighted by Gasteiger charge is 2.38. The number of hydrogen-bond donors (Lipinski definition) is 2. The zero-order valence-corrected chi connectivity index (χ0v) is 11.3. The van der Waals surface area contributed by atoms with Crippen LogP contribution in [0.2, 0.25) is 0 Å². The summed E-state index contributed by atoms with van der Waals surface area (Å²) in [6.07, 6.45) is 2.35. The number of carbonyl (C=O) groups excluding carboxylic acids is 1. The smallest absolute Gasteiger partial charge is 0.332 e. The quantitative estimate of drug-likeness (QED) is 0.800. The van der Waals surface area contributed by atoms with Crippen molar-refractivity contribution >= 4 is 23.6 Å². The van der Waals surface area contributed by atoms with E-state index >= 15 is 0 Å². The molecule has 2 saturated heterocycles. The Morgan fingerprint density at radius 2 is 2.28 bits per heavy atom. The predicted molar refractivity (Wildman–Crippen MR) is 68.6 cm³/mol. The second-order valence-electron chi connectivity index (χ2n) is 5.06. The van der Waals surface area contributed by atoms with Crippen LogP contribution in [-0.2, 0) is 14.3 Å². The summed E-state index contributed by atoms with van der Waals surface area (Å²) in [6.45, 7) is 2.38. The molecule has 0 bridgehead atoms. The zero-order chi connectivity index (χ0) is 13.2. The first-order valence-corrected chi connectivity index (χ1v) is 7.30. The number of ether oxygens (including phenoxy) is 1. The van der Waals surface area contributed by atoms with E-state index in [0.29, 0.717) is 19.4 Å². The van der Waals surface area contributed by atoms with Crippen LogP contribution in [0.25, 0.3) is 0 Å². The number of aliphatic carboxylic acids is 1. The second-order valence-corrected chi connectivity index (χ2v) is 6.65. The van der Waals surface area contributed by atoms with Crippen LogP contribution < -0.4 is 5.32 Å². The molecule has 2 N–H and O–H groups in total. The van der Waals surface area contributed by atoms with E-state index in [9.17, 15) is 9.59 Å². The van der Waals surface area contributed by atoms with Crippen molar-refractivity contribution in [2.75, 3.05) is 12.3 Å². The summed E-state index contributed by atoms with van der Waals surface area (Å²) in [7, 11) is 0. The van der Waals surface area contributed by atoms with Crippen LogP contribution in [-0.4, -0.2) is 46.2 Å². The maximum atomic E-state index is 12.0. The van der Waals surface area contributed by atoms with Gasteiger partial charge in [-0.15, -0.1) is 11.8 Å². The average Bonchev–Trinajstić information content (AvgIpc) is 2.95. The van der Waals surface area contributed by atoms with Crippen LogP contribution in [0.15, 0.2) is 0 Å². The van der Waals surface area contributed by atoms with Crippen molar-refractivity contribution in [3.05, 3.63) is 0 Å². The van der Waals surface area contributed by atoms with Gasteiger partial charge in [-0.1, -0.05) is 0 Å². The lowest BCUT2D eigenvalue weighted by atomic mass is 10.0. The van der Waals surface area contributed by atoms with Gasteiger partial charge >= 0.3 is 5.97 Å².